The fourth-order valence-electron chi connectivity index (χ4n) is 3.26. The van der Waals surface area contributed by atoms with Gasteiger partial charge in [0.2, 0.25) is 5.82 Å². The number of hydrogen-bond donors (Lipinski definition) is 0. The molecule has 4 heterocycles. The molecule has 1 aliphatic rings. The monoisotopic (exact) mass is 379 g/mol. The van der Waals surface area contributed by atoms with E-state index in [1.807, 2.05) is 36.1 Å². The molecule has 1 saturated heterocycles. The molecule has 0 saturated carbocycles. The van der Waals surface area contributed by atoms with Crippen molar-refractivity contribution in [2.24, 2.45) is 0 Å². The number of rotatable bonds is 2. The summed E-state index contributed by atoms with van der Waals surface area (Å²) in [5, 5.41) is 9.08. The minimum atomic E-state index is -0.114. The van der Waals surface area contributed by atoms with Crippen LogP contribution in [0.3, 0.4) is 0 Å². The molecule has 0 unspecified atom stereocenters. The third-order valence-electron chi connectivity index (χ3n) is 4.73. The van der Waals surface area contributed by atoms with Gasteiger partial charge < -0.3 is 9.80 Å². The zero-order valence-electron chi connectivity index (χ0n) is 14.7. The van der Waals surface area contributed by atoms with Crippen LogP contribution in [0.1, 0.15) is 16.3 Å². The molecular formula is C18H17N7OS. The summed E-state index contributed by atoms with van der Waals surface area (Å²) in [6, 6.07) is 9.99. The number of hydrogen-bond acceptors (Lipinski definition) is 7. The molecule has 0 bridgehead atoms. The first-order valence-electron chi connectivity index (χ1n) is 8.77. The van der Waals surface area contributed by atoms with E-state index in [1.54, 1.807) is 21.9 Å². The van der Waals surface area contributed by atoms with Crippen LogP contribution in [0.4, 0.5) is 5.13 Å². The van der Waals surface area contributed by atoms with E-state index >= 15 is 0 Å². The summed E-state index contributed by atoms with van der Waals surface area (Å²) in [5.74, 6) is 0.648. The fourth-order valence-corrected chi connectivity index (χ4v) is 4.27. The second-order valence-corrected chi connectivity index (χ2v) is 7.52. The van der Waals surface area contributed by atoms with Gasteiger partial charge in [-0.15, -0.1) is 10.2 Å². The van der Waals surface area contributed by atoms with Crippen molar-refractivity contribution < 1.29 is 4.79 Å². The van der Waals surface area contributed by atoms with Crippen molar-refractivity contribution in [2.45, 2.75) is 6.92 Å². The molecule has 0 aliphatic carbocycles. The van der Waals surface area contributed by atoms with E-state index in [4.69, 9.17) is 4.98 Å². The summed E-state index contributed by atoms with van der Waals surface area (Å²) in [6.07, 6.45) is 1.79. The van der Waals surface area contributed by atoms with Gasteiger partial charge in [-0.2, -0.15) is 0 Å². The van der Waals surface area contributed by atoms with Gasteiger partial charge in [0.15, 0.2) is 5.13 Å². The number of anilines is 1. The lowest BCUT2D eigenvalue weighted by Crippen LogP contribution is -2.49. The summed E-state index contributed by atoms with van der Waals surface area (Å²) in [6.45, 7) is 4.64. The molecule has 1 aliphatic heterocycles. The van der Waals surface area contributed by atoms with Crippen LogP contribution in [-0.4, -0.2) is 61.6 Å². The Hall–Kier alpha value is -3.07. The van der Waals surface area contributed by atoms with Crippen LogP contribution < -0.4 is 4.90 Å². The lowest BCUT2D eigenvalue weighted by molar-refractivity contribution is 0.0733. The number of aryl methyl sites for hydroxylation is 1. The minimum Gasteiger partial charge on any atom is -0.345 e. The van der Waals surface area contributed by atoms with E-state index in [0.29, 0.717) is 24.7 Å². The highest BCUT2D eigenvalue weighted by molar-refractivity contribution is 7.22. The normalized spacial score (nSPS) is 15.0. The van der Waals surface area contributed by atoms with Gasteiger partial charge in [-0.25, -0.2) is 9.97 Å². The Bertz CT molecular complexity index is 1110. The summed E-state index contributed by atoms with van der Waals surface area (Å²) < 4.78 is 2.83. The molecule has 8 nitrogen and oxygen atoms in total. The van der Waals surface area contributed by atoms with Gasteiger partial charge in [-0.05, 0) is 25.1 Å². The Morgan fingerprint density at radius 3 is 2.67 bits per heavy atom. The molecule has 3 aromatic heterocycles. The van der Waals surface area contributed by atoms with E-state index in [1.165, 1.54) is 4.70 Å². The van der Waals surface area contributed by atoms with E-state index < -0.39 is 0 Å². The maximum absolute atomic E-state index is 12.9. The quantitative estimate of drug-likeness (QED) is 0.530. The maximum atomic E-state index is 12.9. The highest BCUT2D eigenvalue weighted by atomic mass is 32.1. The van der Waals surface area contributed by atoms with Gasteiger partial charge in [0.1, 0.15) is 0 Å². The Balaban J connectivity index is 1.32. The first-order chi connectivity index (χ1) is 13.2. The van der Waals surface area contributed by atoms with Crippen LogP contribution in [0.2, 0.25) is 0 Å². The predicted molar refractivity (Wildman–Crippen MR) is 103 cm³/mol. The number of carbonyl (C=O) groups excluding carboxylic acids is 1. The fraction of sp³-hybridized carbons (Fsp3) is 0.278. The molecular weight excluding hydrogens is 362 g/mol. The van der Waals surface area contributed by atoms with Crippen molar-refractivity contribution in [2.75, 3.05) is 31.1 Å². The maximum Gasteiger partial charge on any atom is 0.292 e. The summed E-state index contributed by atoms with van der Waals surface area (Å²) in [4.78, 5) is 26.0. The van der Waals surface area contributed by atoms with E-state index in [2.05, 4.69) is 26.1 Å². The van der Waals surface area contributed by atoms with Crippen molar-refractivity contribution in [1.29, 1.82) is 0 Å². The molecule has 0 atom stereocenters. The first kappa shape index (κ1) is 16.1. The Morgan fingerprint density at radius 1 is 1.04 bits per heavy atom. The topological polar surface area (TPSA) is 79.5 Å². The zero-order chi connectivity index (χ0) is 18.4. The van der Waals surface area contributed by atoms with Gasteiger partial charge in [-0.1, -0.05) is 23.5 Å². The summed E-state index contributed by atoms with van der Waals surface area (Å²) in [7, 11) is 0. The second-order valence-electron chi connectivity index (χ2n) is 6.51. The number of para-hydroxylation sites is 1. The smallest absolute Gasteiger partial charge is 0.292 e. The number of fused-ring (bicyclic) bond motifs is 2. The minimum absolute atomic E-state index is 0.114. The number of thiazole rings is 1. The van der Waals surface area contributed by atoms with Gasteiger partial charge >= 0.3 is 0 Å². The highest BCUT2D eigenvalue weighted by Crippen LogP contribution is 2.29. The molecule has 9 heteroatoms. The third kappa shape index (κ3) is 2.80. The largest absolute Gasteiger partial charge is 0.345 e. The van der Waals surface area contributed by atoms with Crippen molar-refractivity contribution in [3.05, 3.63) is 48.0 Å². The Kier molecular flexibility index (Phi) is 3.75. The number of amides is 1. The number of nitrogens with zero attached hydrogens (tertiary/aromatic N) is 7. The number of benzene rings is 1. The summed E-state index contributed by atoms with van der Waals surface area (Å²) in [5.41, 5.74) is 1.87. The van der Waals surface area contributed by atoms with Crippen LogP contribution >= 0.6 is 11.3 Å². The summed E-state index contributed by atoms with van der Waals surface area (Å²) >= 11 is 1.69. The number of aromatic nitrogens is 5. The molecule has 4 aromatic rings. The Morgan fingerprint density at radius 2 is 1.85 bits per heavy atom. The third-order valence-corrected chi connectivity index (χ3v) is 5.83. The number of carbonyl (C=O) groups is 1. The number of piperazine rings is 1. The molecule has 136 valence electrons. The Labute approximate surface area is 159 Å². The average molecular weight is 379 g/mol. The lowest BCUT2D eigenvalue weighted by Gasteiger charge is -2.34. The van der Waals surface area contributed by atoms with Gasteiger partial charge in [0.25, 0.3) is 11.7 Å². The van der Waals surface area contributed by atoms with Crippen molar-refractivity contribution in [3.63, 3.8) is 0 Å². The van der Waals surface area contributed by atoms with E-state index in [9.17, 15) is 4.79 Å². The highest BCUT2D eigenvalue weighted by Gasteiger charge is 2.27. The lowest BCUT2D eigenvalue weighted by atomic mass is 10.3. The molecule has 1 amide bonds. The van der Waals surface area contributed by atoms with Crippen LogP contribution in [0, 0.1) is 6.92 Å². The van der Waals surface area contributed by atoms with Crippen molar-refractivity contribution in [1.82, 2.24) is 29.5 Å². The predicted octanol–water partition coefficient (Wildman–Crippen LogP) is 2.00. The molecule has 0 radical (unpaired) electrons. The van der Waals surface area contributed by atoms with Crippen LogP contribution in [-0.2, 0) is 0 Å². The average Bonchev–Trinajstić information content (AvgIpc) is 3.31. The second kappa shape index (κ2) is 6.27. The first-order valence-corrected chi connectivity index (χ1v) is 9.59. The van der Waals surface area contributed by atoms with E-state index in [0.717, 1.165) is 29.4 Å². The zero-order valence-corrected chi connectivity index (χ0v) is 15.6. The van der Waals surface area contributed by atoms with Crippen LogP contribution in [0.5, 0.6) is 0 Å². The molecule has 5 rings (SSSR count). The van der Waals surface area contributed by atoms with Gasteiger partial charge in [0, 0.05) is 38.1 Å². The standard InChI is InChI=1S/C18H17N7OS/c1-12-6-7-25-15(21-22-17(25)19-12)16(26)23-8-10-24(11-9-23)18-20-13-4-2-3-5-14(13)27-18/h2-7H,8-11H2,1H3. The molecule has 1 aromatic carbocycles. The van der Waals surface area contributed by atoms with Gasteiger partial charge in [-0.3, -0.25) is 9.20 Å². The molecule has 27 heavy (non-hydrogen) atoms. The van der Waals surface area contributed by atoms with Crippen LogP contribution in [0.25, 0.3) is 16.0 Å². The van der Waals surface area contributed by atoms with E-state index in [-0.39, 0.29) is 5.91 Å². The van der Waals surface area contributed by atoms with Crippen molar-refractivity contribution in [3.8, 4) is 0 Å². The molecule has 0 N–H and O–H groups in total. The van der Waals surface area contributed by atoms with Crippen LogP contribution in [0.15, 0.2) is 36.5 Å². The van der Waals surface area contributed by atoms with Gasteiger partial charge in [0.05, 0.1) is 10.2 Å². The van der Waals surface area contributed by atoms with Crippen molar-refractivity contribution >= 4 is 38.4 Å². The molecule has 0 spiro atoms. The molecule has 1 fully saturated rings. The SMILES string of the molecule is Cc1ccn2c(C(=O)N3CCN(c4nc5ccccc5s4)CC3)nnc2n1.